The molecule has 4 rings (SSSR count). The van der Waals surface area contributed by atoms with Crippen molar-refractivity contribution in [3.05, 3.63) is 17.1 Å². The van der Waals surface area contributed by atoms with Gasteiger partial charge in [-0.25, -0.2) is 0 Å². The fourth-order valence-electron chi connectivity index (χ4n) is 5.33. The second kappa shape index (κ2) is 5.26. The second-order valence-electron chi connectivity index (χ2n) is 8.43. The Morgan fingerprint density at radius 2 is 2.08 bits per heavy atom. The summed E-state index contributed by atoms with van der Waals surface area (Å²) < 4.78 is 7.20. The normalized spacial score (nSPS) is 29.8. The zero-order chi connectivity index (χ0) is 18.9. The molecule has 1 unspecified atom stereocenters. The van der Waals surface area contributed by atoms with Gasteiger partial charge in [-0.05, 0) is 32.1 Å². The Morgan fingerprint density at radius 3 is 2.69 bits per heavy atom. The summed E-state index contributed by atoms with van der Waals surface area (Å²) in [6.07, 6.45) is 2.21. The molecule has 26 heavy (non-hydrogen) atoms. The highest BCUT2D eigenvalue weighted by atomic mass is 16.5. The minimum Gasteiger partial charge on any atom is -0.332 e. The molecule has 0 aromatic carbocycles. The molecule has 1 fully saturated rings. The minimum absolute atomic E-state index is 0.0644. The highest BCUT2D eigenvalue weighted by Gasteiger charge is 2.58. The molecule has 7 nitrogen and oxygen atoms in total. The number of hydrogen-bond acceptors (Lipinski definition) is 6. The molecule has 2 aromatic rings. The van der Waals surface area contributed by atoms with Crippen LogP contribution < -0.4 is 0 Å². The second-order valence-corrected chi connectivity index (χ2v) is 8.43. The van der Waals surface area contributed by atoms with E-state index < -0.39 is 11.3 Å². The molecule has 2 aromatic heterocycles. The maximum atomic E-state index is 12.8. The van der Waals surface area contributed by atoms with Crippen molar-refractivity contribution in [3.8, 4) is 17.7 Å². The van der Waals surface area contributed by atoms with Crippen molar-refractivity contribution in [1.29, 1.82) is 5.26 Å². The Balaban J connectivity index is 1.89. The molecule has 7 heteroatoms. The number of aryl methyl sites for hydroxylation is 2. The lowest BCUT2D eigenvalue weighted by Crippen LogP contribution is -2.55. The Hall–Kier alpha value is -2.49. The number of nitriles is 1. The molecular formula is C19H23N5O2. The predicted octanol–water partition coefficient (Wildman–Crippen LogP) is 2.74. The van der Waals surface area contributed by atoms with Crippen LogP contribution >= 0.6 is 0 Å². The van der Waals surface area contributed by atoms with Crippen LogP contribution in [0, 0.1) is 35.5 Å². The average Bonchev–Trinajstić information content (AvgIpc) is 3.14. The Labute approximate surface area is 152 Å². The summed E-state index contributed by atoms with van der Waals surface area (Å²) in [5, 5.41) is 18.3. The van der Waals surface area contributed by atoms with Crippen molar-refractivity contribution >= 4 is 5.78 Å². The van der Waals surface area contributed by atoms with Gasteiger partial charge in [-0.1, -0.05) is 25.9 Å². The molecule has 2 heterocycles. The monoisotopic (exact) mass is 353 g/mol. The van der Waals surface area contributed by atoms with Crippen molar-refractivity contribution in [1.82, 2.24) is 19.9 Å². The molecule has 0 radical (unpaired) electrons. The molecular weight excluding hydrogens is 330 g/mol. The van der Waals surface area contributed by atoms with Gasteiger partial charge in [-0.3, -0.25) is 9.48 Å². The lowest BCUT2D eigenvalue weighted by Gasteiger charge is -2.52. The molecule has 0 N–H and O–H groups in total. The van der Waals surface area contributed by atoms with E-state index in [4.69, 9.17) is 9.62 Å². The van der Waals surface area contributed by atoms with Gasteiger partial charge in [-0.2, -0.15) is 15.3 Å². The lowest BCUT2D eigenvalue weighted by atomic mass is 9.49. The van der Waals surface area contributed by atoms with Crippen molar-refractivity contribution in [2.45, 2.75) is 52.4 Å². The number of carbonyl (C=O) groups excluding carboxylic acids is 1. The summed E-state index contributed by atoms with van der Waals surface area (Å²) >= 11 is 0. The molecule has 0 aliphatic heterocycles. The number of hydrogen-bond donors (Lipinski definition) is 0. The maximum Gasteiger partial charge on any atom is 0.276 e. The number of nitrogens with zero attached hydrogens (tertiary/aromatic N) is 5. The van der Waals surface area contributed by atoms with Crippen molar-refractivity contribution in [2.24, 2.45) is 24.3 Å². The van der Waals surface area contributed by atoms with Gasteiger partial charge < -0.3 is 4.52 Å². The van der Waals surface area contributed by atoms with E-state index in [0.717, 1.165) is 29.8 Å². The fraction of sp³-hybridized carbons (Fsp3) is 0.632. The molecule has 2 aliphatic carbocycles. The first-order chi connectivity index (χ1) is 12.2. The molecule has 136 valence electrons. The molecule has 2 aliphatic rings. The Morgan fingerprint density at radius 1 is 1.35 bits per heavy atom. The molecule has 0 saturated heterocycles. The van der Waals surface area contributed by atoms with Crippen molar-refractivity contribution in [3.63, 3.8) is 0 Å². The number of Topliss-reactive ketones (excluding diaryl/α,β-unsaturated/α-hetero) is 1. The van der Waals surface area contributed by atoms with Crippen molar-refractivity contribution in [2.75, 3.05) is 0 Å². The van der Waals surface area contributed by atoms with Crippen molar-refractivity contribution < 1.29 is 9.32 Å². The van der Waals surface area contributed by atoms with Gasteiger partial charge in [0.2, 0.25) is 0 Å². The molecule has 1 saturated carbocycles. The van der Waals surface area contributed by atoms with E-state index in [1.807, 2.05) is 20.9 Å². The Bertz CT molecular complexity index is 948. The summed E-state index contributed by atoms with van der Waals surface area (Å²) in [7, 11) is 1.88. The number of aromatic nitrogens is 4. The van der Waals surface area contributed by atoms with Gasteiger partial charge >= 0.3 is 0 Å². The van der Waals surface area contributed by atoms with Gasteiger partial charge in [0.1, 0.15) is 11.6 Å². The van der Waals surface area contributed by atoms with E-state index in [-0.39, 0.29) is 17.1 Å². The summed E-state index contributed by atoms with van der Waals surface area (Å²) in [5.41, 5.74) is 2.07. The molecule has 0 amide bonds. The van der Waals surface area contributed by atoms with Crippen LogP contribution in [0.1, 0.15) is 50.7 Å². The Kier molecular flexibility index (Phi) is 3.43. The van der Waals surface area contributed by atoms with Crippen LogP contribution in [-0.2, 0) is 23.7 Å². The number of ketones is 1. The molecule has 3 atom stereocenters. The van der Waals surface area contributed by atoms with Crippen LogP contribution in [0.2, 0.25) is 0 Å². The minimum atomic E-state index is -0.590. The van der Waals surface area contributed by atoms with Gasteiger partial charge in [0.05, 0.1) is 11.8 Å². The summed E-state index contributed by atoms with van der Waals surface area (Å²) in [4.78, 5) is 17.2. The largest absolute Gasteiger partial charge is 0.332 e. The first kappa shape index (κ1) is 17.0. The lowest BCUT2D eigenvalue weighted by molar-refractivity contribution is -0.140. The van der Waals surface area contributed by atoms with E-state index in [2.05, 4.69) is 23.1 Å². The summed E-state index contributed by atoms with van der Waals surface area (Å²) in [5.74, 6) is 0.697. The highest BCUT2D eigenvalue weighted by molar-refractivity contribution is 5.90. The average molecular weight is 353 g/mol. The van der Waals surface area contributed by atoms with E-state index in [9.17, 15) is 10.1 Å². The smallest absolute Gasteiger partial charge is 0.276 e. The zero-order valence-corrected chi connectivity index (χ0v) is 15.8. The van der Waals surface area contributed by atoms with Crippen LogP contribution in [0.3, 0.4) is 0 Å². The van der Waals surface area contributed by atoms with Gasteiger partial charge in [0, 0.05) is 23.4 Å². The quantitative estimate of drug-likeness (QED) is 0.782. The predicted molar refractivity (Wildman–Crippen MR) is 92.9 cm³/mol. The van der Waals surface area contributed by atoms with E-state index in [0.29, 0.717) is 18.1 Å². The van der Waals surface area contributed by atoms with E-state index in [1.165, 1.54) is 0 Å². The first-order valence-electron chi connectivity index (χ1n) is 9.01. The summed E-state index contributed by atoms with van der Waals surface area (Å²) in [6.45, 7) is 7.92. The van der Waals surface area contributed by atoms with Crippen LogP contribution in [0.4, 0.5) is 0 Å². The standard InChI is InChI=1S/C19H23N5O2/c1-10-21-17(26-23-10)14-12-6-7-13-18(2,3)16(25)11(9-20)8-19(13,4)15(12)22-24(14)5/h11,13H,6-8H2,1-5H3/t11?,13-,19-/m0/s1. The van der Waals surface area contributed by atoms with E-state index >= 15 is 0 Å². The van der Waals surface area contributed by atoms with Crippen LogP contribution in [0.15, 0.2) is 4.52 Å². The zero-order valence-electron chi connectivity index (χ0n) is 15.8. The third kappa shape index (κ3) is 2.05. The van der Waals surface area contributed by atoms with Crippen LogP contribution in [0.5, 0.6) is 0 Å². The highest BCUT2D eigenvalue weighted by Crippen LogP contribution is 2.57. The molecule has 0 spiro atoms. The van der Waals surface area contributed by atoms with Gasteiger partial charge in [-0.15, -0.1) is 0 Å². The first-order valence-corrected chi connectivity index (χ1v) is 9.01. The SMILES string of the molecule is Cc1noc(-c2c3c(nn2C)[C@@]2(C)CC(C#N)C(=O)C(C)(C)[C@@H]2CC3)n1. The fourth-order valence-corrected chi connectivity index (χ4v) is 5.33. The van der Waals surface area contributed by atoms with Crippen LogP contribution in [-0.4, -0.2) is 25.7 Å². The van der Waals surface area contributed by atoms with E-state index in [1.54, 1.807) is 11.6 Å². The van der Waals surface area contributed by atoms with Gasteiger partial charge in [0.25, 0.3) is 5.89 Å². The van der Waals surface area contributed by atoms with Gasteiger partial charge in [0.15, 0.2) is 11.6 Å². The van der Waals surface area contributed by atoms with Crippen LogP contribution in [0.25, 0.3) is 11.6 Å². The maximum absolute atomic E-state index is 12.8. The number of fused-ring (bicyclic) bond motifs is 3. The molecule has 0 bridgehead atoms. The number of rotatable bonds is 1. The third-order valence-corrected chi connectivity index (χ3v) is 6.48. The third-order valence-electron chi connectivity index (χ3n) is 6.48. The summed E-state index contributed by atoms with van der Waals surface area (Å²) in [6, 6.07) is 2.23. The number of carbonyl (C=O) groups is 1. The topological polar surface area (TPSA) is 97.6 Å².